The Balaban J connectivity index is 1.73. The minimum Gasteiger partial charge on any atom is -0.493 e. The van der Waals surface area contributed by atoms with Crippen LogP contribution in [0.5, 0.6) is 11.5 Å². The van der Waals surface area contributed by atoms with Crippen molar-refractivity contribution in [2.24, 2.45) is 0 Å². The highest BCUT2D eigenvalue weighted by atomic mass is 16.5. The van der Waals surface area contributed by atoms with Gasteiger partial charge >= 0.3 is 0 Å². The first kappa shape index (κ1) is 23.0. The van der Waals surface area contributed by atoms with Crippen molar-refractivity contribution in [3.05, 3.63) is 54.0 Å². The zero-order chi connectivity index (χ0) is 24.5. The van der Waals surface area contributed by atoms with Gasteiger partial charge in [-0.2, -0.15) is 9.61 Å². The fourth-order valence-electron chi connectivity index (χ4n) is 4.82. The molecule has 4 heterocycles. The molecule has 1 aromatic carbocycles. The number of anilines is 3. The summed E-state index contributed by atoms with van der Waals surface area (Å²) in [6, 6.07) is 12.2. The van der Waals surface area contributed by atoms with E-state index in [0.717, 1.165) is 58.6 Å². The third-order valence-electron chi connectivity index (χ3n) is 6.70. The molecular formula is C27H32N6O2. The first-order valence-corrected chi connectivity index (χ1v) is 12.0. The Morgan fingerprint density at radius 2 is 1.69 bits per heavy atom. The van der Waals surface area contributed by atoms with E-state index < -0.39 is 0 Å². The zero-order valence-corrected chi connectivity index (χ0v) is 21.1. The molecule has 1 fully saturated rings. The molecule has 182 valence electrons. The second-order valence-corrected chi connectivity index (χ2v) is 9.00. The zero-order valence-electron chi connectivity index (χ0n) is 21.1. The molecule has 0 bridgehead atoms. The van der Waals surface area contributed by atoms with Crippen LogP contribution >= 0.6 is 0 Å². The average molecular weight is 473 g/mol. The topological polar surface area (TPSA) is 68.0 Å². The highest BCUT2D eigenvalue weighted by Gasteiger charge is 2.23. The van der Waals surface area contributed by atoms with E-state index in [2.05, 4.69) is 34.0 Å². The standard InChI is InChI=1S/C27H32N6O2/c1-18-15-21(11-12-28-18)31(3)25-17-24(32-13-7-6-8-14-32)29-27-26(19(2)30-33(25)27)20-9-10-22(34-4)23(16-20)35-5/h9-12,15-17H,6-8,13-14H2,1-5H3. The molecule has 0 spiro atoms. The molecule has 0 saturated carbocycles. The van der Waals surface area contributed by atoms with Crippen molar-refractivity contribution in [1.82, 2.24) is 19.6 Å². The van der Waals surface area contributed by atoms with Crippen molar-refractivity contribution in [1.29, 1.82) is 0 Å². The van der Waals surface area contributed by atoms with Crippen LogP contribution in [0, 0.1) is 13.8 Å². The van der Waals surface area contributed by atoms with E-state index in [-0.39, 0.29) is 0 Å². The van der Waals surface area contributed by atoms with Crippen molar-refractivity contribution in [2.45, 2.75) is 33.1 Å². The molecule has 8 nitrogen and oxygen atoms in total. The molecule has 0 atom stereocenters. The number of hydrogen-bond acceptors (Lipinski definition) is 7. The van der Waals surface area contributed by atoms with Gasteiger partial charge in [0.2, 0.25) is 0 Å². The van der Waals surface area contributed by atoms with Gasteiger partial charge in [-0.15, -0.1) is 0 Å². The van der Waals surface area contributed by atoms with Gasteiger partial charge in [0.25, 0.3) is 0 Å². The Morgan fingerprint density at radius 1 is 0.914 bits per heavy atom. The first-order valence-electron chi connectivity index (χ1n) is 12.0. The number of ether oxygens (including phenoxy) is 2. The van der Waals surface area contributed by atoms with Crippen molar-refractivity contribution in [3.8, 4) is 22.6 Å². The Bertz CT molecular complexity index is 1360. The number of nitrogens with zero attached hydrogens (tertiary/aromatic N) is 6. The molecular weight excluding hydrogens is 440 g/mol. The Kier molecular flexibility index (Phi) is 6.19. The Labute approximate surface area is 206 Å². The Hall–Kier alpha value is -3.81. The first-order chi connectivity index (χ1) is 17.0. The van der Waals surface area contributed by atoms with E-state index in [0.29, 0.717) is 11.5 Å². The fourth-order valence-corrected chi connectivity index (χ4v) is 4.82. The molecule has 0 amide bonds. The van der Waals surface area contributed by atoms with Crippen LogP contribution in [0.4, 0.5) is 17.3 Å². The Morgan fingerprint density at radius 3 is 2.40 bits per heavy atom. The van der Waals surface area contributed by atoms with Crippen molar-refractivity contribution < 1.29 is 9.47 Å². The van der Waals surface area contributed by atoms with Crippen LogP contribution in [0.25, 0.3) is 16.8 Å². The molecule has 0 unspecified atom stereocenters. The van der Waals surface area contributed by atoms with E-state index >= 15 is 0 Å². The van der Waals surface area contributed by atoms with Crippen LogP contribution in [0.2, 0.25) is 0 Å². The molecule has 0 aliphatic carbocycles. The number of methoxy groups -OCH3 is 2. The lowest BCUT2D eigenvalue weighted by Crippen LogP contribution is -2.30. The lowest BCUT2D eigenvalue weighted by molar-refractivity contribution is 0.355. The van der Waals surface area contributed by atoms with Gasteiger partial charge in [-0.05, 0) is 62.9 Å². The lowest BCUT2D eigenvalue weighted by atomic mass is 10.1. The van der Waals surface area contributed by atoms with Gasteiger partial charge in [-0.1, -0.05) is 6.07 Å². The molecule has 3 aromatic heterocycles. The van der Waals surface area contributed by atoms with Crippen LogP contribution in [0.15, 0.2) is 42.6 Å². The summed E-state index contributed by atoms with van der Waals surface area (Å²) < 4.78 is 13.0. The summed E-state index contributed by atoms with van der Waals surface area (Å²) in [5.74, 6) is 3.31. The number of fused-ring (bicyclic) bond motifs is 1. The summed E-state index contributed by atoms with van der Waals surface area (Å²) in [4.78, 5) is 14.1. The monoisotopic (exact) mass is 472 g/mol. The minimum absolute atomic E-state index is 0.681. The molecule has 0 N–H and O–H groups in total. The molecule has 8 heteroatoms. The SMILES string of the molecule is COc1ccc(-c2c(C)nn3c(N(C)c4ccnc(C)c4)cc(N4CCCCC4)nc23)cc1OC. The quantitative estimate of drug-likeness (QED) is 0.383. The summed E-state index contributed by atoms with van der Waals surface area (Å²) in [5.41, 5.74) is 5.73. The van der Waals surface area contributed by atoms with Crippen LogP contribution in [0.3, 0.4) is 0 Å². The highest BCUT2D eigenvalue weighted by molar-refractivity contribution is 5.84. The second-order valence-electron chi connectivity index (χ2n) is 9.00. The maximum absolute atomic E-state index is 5.58. The number of hydrogen-bond donors (Lipinski definition) is 0. The number of aryl methyl sites for hydroxylation is 2. The fraction of sp³-hybridized carbons (Fsp3) is 0.370. The third-order valence-corrected chi connectivity index (χ3v) is 6.70. The average Bonchev–Trinajstić information content (AvgIpc) is 3.23. The summed E-state index contributed by atoms with van der Waals surface area (Å²) in [6.07, 6.45) is 5.48. The smallest absolute Gasteiger partial charge is 0.167 e. The predicted molar refractivity (Wildman–Crippen MR) is 139 cm³/mol. The minimum atomic E-state index is 0.681. The van der Waals surface area contributed by atoms with E-state index in [1.54, 1.807) is 14.2 Å². The van der Waals surface area contributed by atoms with Crippen molar-refractivity contribution >= 4 is 23.0 Å². The summed E-state index contributed by atoms with van der Waals surface area (Å²) in [5, 5.41) is 4.95. The molecule has 0 radical (unpaired) electrons. The van der Waals surface area contributed by atoms with E-state index in [1.165, 1.54) is 19.3 Å². The lowest BCUT2D eigenvalue weighted by Gasteiger charge is -2.29. The van der Waals surface area contributed by atoms with E-state index in [1.807, 2.05) is 48.8 Å². The van der Waals surface area contributed by atoms with Gasteiger partial charge in [0, 0.05) is 49.3 Å². The molecule has 35 heavy (non-hydrogen) atoms. The van der Waals surface area contributed by atoms with Gasteiger partial charge in [0.15, 0.2) is 17.1 Å². The number of piperidine rings is 1. The van der Waals surface area contributed by atoms with Crippen LogP contribution in [-0.4, -0.2) is 53.9 Å². The van der Waals surface area contributed by atoms with E-state index in [9.17, 15) is 0 Å². The van der Waals surface area contributed by atoms with Crippen molar-refractivity contribution in [3.63, 3.8) is 0 Å². The summed E-state index contributed by atoms with van der Waals surface area (Å²) in [6.45, 7) is 6.06. The van der Waals surface area contributed by atoms with Gasteiger partial charge < -0.3 is 19.3 Å². The summed E-state index contributed by atoms with van der Waals surface area (Å²) >= 11 is 0. The molecule has 1 aliphatic heterocycles. The predicted octanol–water partition coefficient (Wildman–Crippen LogP) is 5.18. The van der Waals surface area contributed by atoms with Crippen molar-refractivity contribution in [2.75, 3.05) is 44.2 Å². The second kappa shape index (κ2) is 9.44. The molecule has 4 aromatic rings. The maximum Gasteiger partial charge on any atom is 0.167 e. The van der Waals surface area contributed by atoms with Gasteiger partial charge in [-0.3, -0.25) is 4.98 Å². The van der Waals surface area contributed by atoms with Crippen LogP contribution in [-0.2, 0) is 0 Å². The van der Waals surface area contributed by atoms with Gasteiger partial charge in [-0.25, -0.2) is 4.98 Å². The number of aromatic nitrogens is 4. The van der Waals surface area contributed by atoms with Gasteiger partial charge in [0.05, 0.1) is 19.9 Å². The number of pyridine rings is 1. The number of rotatable bonds is 6. The molecule has 1 aliphatic rings. The molecule has 1 saturated heterocycles. The normalized spacial score (nSPS) is 13.8. The number of benzene rings is 1. The van der Waals surface area contributed by atoms with E-state index in [4.69, 9.17) is 19.6 Å². The largest absolute Gasteiger partial charge is 0.493 e. The maximum atomic E-state index is 5.58. The van der Waals surface area contributed by atoms with Gasteiger partial charge in [0.1, 0.15) is 11.6 Å². The highest BCUT2D eigenvalue weighted by Crippen LogP contribution is 2.38. The van der Waals surface area contributed by atoms with Crippen LogP contribution in [0.1, 0.15) is 30.7 Å². The third kappa shape index (κ3) is 4.24. The summed E-state index contributed by atoms with van der Waals surface area (Å²) in [7, 11) is 5.37. The van der Waals surface area contributed by atoms with Crippen LogP contribution < -0.4 is 19.3 Å². The molecule has 5 rings (SSSR count).